The maximum atomic E-state index is 8.84. The van der Waals surface area contributed by atoms with Crippen molar-refractivity contribution >= 4 is 34.5 Å². The topological polar surface area (TPSA) is 86.3 Å². The maximum Gasteiger partial charge on any atom is 0.208 e. The molecule has 3 rings (SSSR count). The van der Waals surface area contributed by atoms with E-state index in [1.807, 2.05) is 42.9 Å². The third kappa shape index (κ3) is 3.53. The van der Waals surface area contributed by atoms with E-state index >= 15 is 0 Å². The van der Waals surface area contributed by atoms with Gasteiger partial charge >= 0.3 is 0 Å². The lowest BCUT2D eigenvalue weighted by molar-refractivity contribution is 0.234. The van der Waals surface area contributed by atoms with Gasteiger partial charge in [-0.1, -0.05) is 47.2 Å². The molecule has 0 spiro atoms. The molecule has 6 nitrogen and oxygen atoms in total. The second kappa shape index (κ2) is 6.96. The Bertz CT molecular complexity index is 946. The van der Waals surface area contributed by atoms with Crippen molar-refractivity contribution in [3.63, 3.8) is 0 Å². The molecule has 122 valence electrons. The standard InChI is InChI=1S/C16H14ClN5OS/c1-22-16(19-13-4-2-3-11(9-13)14(18)21-23)24-15(20-22)10-5-7-12(17)8-6-10/h2-9,23H,1H3,(H2,18,21)/b19-16+. The first-order valence-corrected chi connectivity index (χ1v) is 8.20. The van der Waals surface area contributed by atoms with Crippen molar-refractivity contribution in [3.8, 4) is 10.6 Å². The molecular formula is C16H14ClN5OS. The van der Waals surface area contributed by atoms with Crippen LogP contribution in [0.25, 0.3) is 10.6 Å². The smallest absolute Gasteiger partial charge is 0.208 e. The Hall–Kier alpha value is -2.48. The summed E-state index contributed by atoms with van der Waals surface area (Å²) in [6.45, 7) is 0. The molecule has 2 aromatic carbocycles. The average Bonchev–Trinajstić information content (AvgIpc) is 2.95. The quantitative estimate of drug-likeness (QED) is 0.381. The van der Waals surface area contributed by atoms with E-state index in [-0.39, 0.29) is 5.84 Å². The Kier molecular flexibility index (Phi) is 4.75. The maximum absolute atomic E-state index is 8.84. The molecule has 1 heterocycles. The lowest BCUT2D eigenvalue weighted by Crippen LogP contribution is -2.18. The number of aryl methyl sites for hydroxylation is 1. The lowest BCUT2D eigenvalue weighted by atomic mass is 10.2. The lowest BCUT2D eigenvalue weighted by Gasteiger charge is -2.01. The third-order valence-electron chi connectivity index (χ3n) is 3.27. The van der Waals surface area contributed by atoms with Crippen molar-refractivity contribution < 1.29 is 5.21 Å². The number of rotatable bonds is 3. The van der Waals surface area contributed by atoms with Crippen molar-refractivity contribution in [3.05, 3.63) is 63.9 Å². The molecule has 0 atom stereocenters. The second-order valence-corrected chi connectivity index (χ2v) is 6.36. The Morgan fingerprint density at radius 2 is 2.04 bits per heavy atom. The van der Waals surface area contributed by atoms with Crippen LogP contribution in [0.5, 0.6) is 0 Å². The summed E-state index contributed by atoms with van der Waals surface area (Å²) in [4.78, 5) is 5.29. The normalized spacial score (nSPS) is 11.5. The Morgan fingerprint density at radius 3 is 2.75 bits per heavy atom. The monoisotopic (exact) mass is 359 g/mol. The summed E-state index contributed by atoms with van der Waals surface area (Å²) in [5, 5.41) is 22.4. The fourth-order valence-electron chi connectivity index (χ4n) is 2.06. The number of amidine groups is 1. The van der Waals surface area contributed by atoms with Gasteiger partial charge in [-0.05, 0) is 24.3 Å². The average molecular weight is 360 g/mol. The van der Waals surface area contributed by atoms with Gasteiger partial charge in [-0.3, -0.25) is 16.1 Å². The van der Waals surface area contributed by atoms with Crippen LogP contribution in [-0.2, 0) is 7.05 Å². The minimum absolute atomic E-state index is 0.0809. The van der Waals surface area contributed by atoms with E-state index in [1.165, 1.54) is 11.3 Å². The van der Waals surface area contributed by atoms with E-state index in [0.29, 0.717) is 16.3 Å². The summed E-state index contributed by atoms with van der Waals surface area (Å²) in [7, 11) is 1.83. The predicted octanol–water partition coefficient (Wildman–Crippen LogP) is 3.34. The molecule has 0 bridgehead atoms. The van der Waals surface area contributed by atoms with Crippen LogP contribution in [0.4, 0.5) is 5.69 Å². The van der Waals surface area contributed by atoms with Gasteiger partial charge in [0.05, 0.1) is 5.69 Å². The van der Waals surface area contributed by atoms with Crippen LogP contribution in [0.2, 0.25) is 5.02 Å². The minimum atomic E-state index is -0.0809. The summed E-state index contributed by atoms with van der Waals surface area (Å²) in [6, 6.07) is 14.5. The van der Waals surface area contributed by atoms with Gasteiger partial charge in [0, 0.05) is 23.2 Å². The Morgan fingerprint density at radius 1 is 1.29 bits per heavy atom. The number of nitrogens with one attached hydrogen (secondary N) is 2. The molecule has 1 aromatic heterocycles. The van der Waals surface area contributed by atoms with Gasteiger partial charge < -0.3 is 0 Å². The molecule has 3 N–H and O–H groups in total. The van der Waals surface area contributed by atoms with Crippen LogP contribution in [0.15, 0.2) is 53.5 Å². The van der Waals surface area contributed by atoms with Crippen LogP contribution < -0.4 is 10.3 Å². The number of hydroxylamine groups is 1. The number of benzene rings is 2. The Labute approximate surface area is 147 Å². The first-order valence-electron chi connectivity index (χ1n) is 7.01. The molecule has 0 aliphatic rings. The highest BCUT2D eigenvalue weighted by Gasteiger charge is 2.06. The molecule has 0 radical (unpaired) electrons. The van der Waals surface area contributed by atoms with Gasteiger partial charge in [0.25, 0.3) is 0 Å². The first kappa shape index (κ1) is 16.4. The molecule has 0 saturated carbocycles. The van der Waals surface area contributed by atoms with Gasteiger partial charge in [0.2, 0.25) is 4.80 Å². The largest absolute Gasteiger partial charge is 0.290 e. The van der Waals surface area contributed by atoms with Crippen molar-refractivity contribution in [1.82, 2.24) is 15.3 Å². The zero-order valence-electron chi connectivity index (χ0n) is 12.7. The van der Waals surface area contributed by atoms with Crippen LogP contribution in [0.1, 0.15) is 5.56 Å². The second-order valence-electron chi connectivity index (χ2n) is 4.97. The van der Waals surface area contributed by atoms with Gasteiger partial charge in [-0.25, -0.2) is 9.67 Å². The van der Waals surface area contributed by atoms with Crippen LogP contribution in [0.3, 0.4) is 0 Å². The van der Waals surface area contributed by atoms with E-state index in [0.717, 1.165) is 15.4 Å². The SMILES string of the molecule is Cn1nc(-c2ccc(Cl)cc2)s/c1=N/c1cccc(C(=N)NO)c1. The zero-order valence-corrected chi connectivity index (χ0v) is 14.3. The van der Waals surface area contributed by atoms with Crippen LogP contribution in [0, 0.1) is 5.41 Å². The number of hydrogen-bond acceptors (Lipinski definition) is 5. The zero-order chi connectivity index (χ0) is 17.1. The summed E-state index contributed by atoms with van der Waals surface area (Å²) in [5.74, 6) is -0.0809. The minimum Gasteiger partial charge on any atom is -0.290 e. The van der Waals surface area contributed by atoms with E-state index in [4.69, 9.17) is 22.2 Å². The molecule has 8 heteroatoms. The molecule has 0 unspecified atom stereocenters. The van der Waals surface area contributed by atoms with E-state index in [9.17, 15) is 0 Å². The molecule has 0 saturated heterocycles. The summed E-state index contributed by atoms with van der Waals surface area (Å²) >= 11 is 7.37. The van der Waals surface area contributed by atoms with E-state index < -0.39 is 0 Å². The van der Waals surface area contributed by atoms with Gasteiger partial charge in [0.15, 0.2) is 0 Å². The van der Waals surface area contributed by atoms with Gasteiger partial charge in [-0.2, -0.15) is 5.10 Å². The summed E-state index contributed by atoms with van der Waals surface area (Å²) in [6.07, 6.45) is 0. The van der Waals surface area contributed by atoms with Crippen molar-refractivity contribution in [2.75, 3.05) is 0 Å². The van der Waals surface area contributed by atoms with Crippen LogP contribution in [-0.4, -0.2) is 20.8 Å². The highest BCUT2D eigenvalue weighted by molar-refractivity contribution is 7.12. The summed E-state index contributed by atoms with van der Waals surface area (Å²) in [5.41, 5.74) is 4.02. The van der Waals surface area contributed by atoms with Crippen LogP contribution >= 0.6 is 22.9 Å². The fraction of sp³-hybridized carbons (Fsp3) is 0.0625. The molecule has 24 heavy (non-hydrogen) atoms. The highest BCUT2D eigenvalue weighted by Crippen LogP contribution is 2.22. The van der Waals surface area contributed by atoms with Gasteiger partial charge in [-0.15, -0.1) is 0 Å². The van der Waals surface area contributed by atoms with Crippen molar-refractivity contribution in [2.45, 2.75) is 0 Å². The number of hydrogen-bond donors (Lipinski definition) is 3. The molecule has 3 aromatic rings. The molecule has 0 aliphatic carbocycles. The van der Waals surface area contributed by atoms with E-state index in [1.54, 1.807) is 22.9 Å². The third-order valence-corrected chi connectivity index (χ3v) is 4.57. The number of nitrogens with zero attached hydrogens (tertiary/aromatic N) is 3. The van der Waals surface area contributed by atoms with Crippen molar-refractivity contribution in [1.29, 1.82) is 5.41 Å². The molecular weight excluding hydrogens is 346 g/mol. The van der Waals surface area contributed by atoms with Crippen molar-refractivity contribution in [2.24, 2.45) is 12.0 Å². The fourth-order valence-corrected chi connectivity index (χ4v) is 3.10. The number of aromatic nitrogens is 2. The molecule has 0 fully saturated rings. The molecule has 0 aliphatic heterocycles. The predicted molar refractivity (Wildman–Crippen MR) is 94.9 cm³/mol. The van der Waals surface area contributed by atoms with E-state index in [2.05, 4.69) is 10.1 Å². The molecule has 0 amide bonds. The number of halogens is 1. The highest BCUT2D eigenvalue weighted by atomic mass is 35.5. The van der Waals surface area contributed by atoms with Gasteiger partial charge in [0.1, 0.15) is 10.8 Å². The Balaban J connectivity index is 1.99. The first-order chi connectivity index (χ1) is 11.6. The summed E-state index contributed by atoms with van der Waals surface area (Å²) < 4.78 is 1.71.